The zero-order chi connectivity index (χ0) is 11.6. The molecule has 1 rings (SSSR count). The van der Waals surface area contributed by atoms with E-state index in [9.17, 15) is 23.1 Å². The highest BCUT2D eigenvalue weighted by Crippen LogP contribution is 2.33. The number of nitrogens with one attached hydrogen (secondary N) is 1. The van der Waals surface area contributed by atoms with Crippen LogP contribution in [0.1, 0.15) is 23.8 Å². The number of hydrogen-bond acceptors (Lipinski definition) is 3. The first-order valence-corrected chi connectivity index (χ1v) is 3.82. The van der Waals surface area contributed by atoms with Crippen LogP contribution in [-0.2, 0) is 11.0 Å². The second-order valence-electron chi connectivity index (χ2n) is 2.81. The number of aromatic nitrogens is 2. The zero-order valence-electron chi connectivity index (χ0n) is 7.25. The van der Waals surface area contributed by atoms with E-state index in [1.807, 2.05) is 0 Å². The van der Waals surface area contributed by atoms with E-state index < -0.39 is 35.9 Å². The smallest absolute Gasteiger partial charge is 0.433 e. The van der Waals surface area contributed by atoms with E-state index in [2.05, 4.69) is 5.10 Å². The molecule has 3 N–H and O–H groups in total. The molecule has 0 aliphatic heterocycles. The van der Waals surface area contributed by atoms with Crippen LogP contribution in [0.4, 0.5) is 13.2 Å². The maximum absolute atomic E-state index is 12.2. The zero-order valence-corrected chi connectivity index (χ0v) is 7.25. The number of H-pyrrole nitrogens is 1. The first kappa shape index (κ1) is 11.5. The lowest BCUT2D eigenvalue weighted by atomic mass is 10.1. The van der Waals surface area contributed by atoms with Gasteiger partial charge in [0.25, 0.3) is 0 Å². The number of aliphatic hydroxyl groups excluding tert-OH is 1. The van der Waals surface area contributed by atoms with Gasteiger partial charge in [-0.3, -0.25) is 9.89 Å². The minimum absolute atomic E-state index is 0.565. The van der Waals surface area contributed by atoms with Crippen LogP contribution in [0.2, 0.25) is 0 Å². The second kappa shape index (κ2) is 3.89. The van der Waals surface area contributed by atoms with Gasteiger partial charge < -0.3 is 10.2 Å². The highest BCUT2D eigenvalue weighted by atomic mass is 19.4. The molecular weight excluding hydrogens is 217 g/mol. The number of rotatable bonds is 3. The van der Waals surface area contributed by atoms with Gasteiger partial charge in [0.05, 0.1) is 18.7 Å². The van der Waals surface area contributed by atoms with E-state index in [-0.39, 0.29) is 0 Å². The summed E-state index contributed by atoms with van der Waals surface area (Å²) in [4.78, 5) is 10.2. The van der Waals surface area contributed by atoms with Crippen molar-refractivity contribution in [1.29, 1.82) is 0 Å². The molecule has 1 aromatic heterocycles. The summed E-state index contributed by atoms with van der Waals surface area (Å²) in [7, 11) is 0. The Morgan fingerprint density at radius 3 is 2.67 bits per heavy atom. The number of halogens is 3. The van der Waals surface area contributed by atoms with Gasteiger partial charge in [0.15, 0.2) is 0 Å². The number of nitrogens with zero attached hydrogens (tertiary/aromatic N) is 1. The molecule has 1 atom stereocenters. The van der Waals surface area contributed by atoms with Gasteiger partial charge in [-0.05, 0) is 0 Å². The molecule has 0 aliphatic carbocycles. The standard InChI is InChI=1S/C7H7F3N2O3/c8-7(9,10)6-3(2-11-12-6)4(13)1-5(14)15/h2,4,13H,1H2,(H,11,12)(H,14,15)/t4-/m1/s1. The normalized spacial score (nSPS) is 13.9. The van der Waals surface area contributed by atoms with Gasteiger partial charge in [-0.15, -0.1) is 0 Å². The van der Waals surface area contributed by atoms with Gasteiger partial charge in [0.1, 0.15) is 5.69 Å². The highest BCUT2D eigenvalue weighted by Gasteiger charge is 2.37. The summed E-state index contributed by atoms with van der Waals surface area (Å²) in [6.07, 6.45) is -6.46. The van der Waals surface area contributed by atoms with Crippen molar-refractivity contribution in [2.24, 2.45) is 0 Å². The van der Waals surface area contributed by atoms with Crippen LogP contribution in [0, 0.1) is 0 Å². The molecule has 8 heteroatoms. The van der Waals surface area contributed by atoms with Gasteiger partial charge in [0, 0.05) is 5.56 Å². The van der Waals surface area contributed by atoms with E-state index >= 15 is 0 Å². The minimum atomic E-state index is -4.69. The molecule has 0 radical (unpaired) electrons. The number of carboxylic acids is 1. The van der Waals surface area contributed by atoms with Crippen molar-refractivity contribution in [3.05, 3.63) is 17.5 Å². The number of aromatic amines is 1. The first-order valence-electron chi connectivity index (χ1n) is 3.82. The monoisotopic (exact) mass is 224 g/mol. The molecule has 0 aromatic carbocycles. The van der Waals surface area contributed by atoms with Crippen molar-refractivity contribution in [3.63, 3.8) is 0 Å². The number of aliphatic carboxylic acids is 1. The van der Waals surface area contributed by atoms with Crippen molar-refractivity contribution in [2.45, 2.75) is 18.7 Å². The summed E-state index contributed by atoms with van der Waals surface area (Å²) >= 11 is 0. The Morgan fingerprint density at radius 1 is 1.60 bits per heavy atom. The lowest BCUT2D eigenvalue weighted by Gasteiger charge is -2.10. The molecule has 0 fully saturated rings. The molecule has 1 heterocycles. The maximum atomic E-state index is 12.2. The number of aliphatic hydroxyl groups is 1. The van der Waals surface area contributed by atoms with E-state index in [1.165, 1.54) is 0 Å². The number of hydrogen-bond donors (Lipinski definition) is 3. The van der Waals surface area contributed by atoms with Gasteiger partial charge in [-0.1, -0.05) is 0 Å². The Bertz CT molecular complexity index is 361. The van der Waals surface area contributed by atoms with Gasteiger partial charge in [-0.25, -0.2) is 0 Å². The van der Waals surface area contributed by atoms with E-state index in [0.29, 0.717) is 0 Å². The Labute approximate surface area is 81.5 Å². The quantitative estimate of drug-likeness (QED) is 0.713. The summed E-state index contributed by atoms with van der Waals surface area (Å²) < 4.78 is 36.7. The number of alkyl halides is 3. The molecule has 0 spiro atoms. The Hall–Kier alpha value is -1.57. The number of carbonyl (C=O) groups is 1. The fraction of sp³-hybridized carbons (Fsp3) is 0.429. The highest BCUT2D eigenvalue weighted by molar-refractivity contribution is 5.67. The molecule has 1 aromatic rings. The van der Waals surface area contributed by atoms with Crippen molar-refractivity contribution < 1.29 is 28.2 Å². The Kier molecular flexibility index (Phi) is 2.98. The van der Waals surface area contributed by atoms with Crippen LogP contribution in [-0.4, -0.2) is 26.4 Å². The molecule has 5 nitrogen and oxygen atoms in total. The SMILES string of the molecule is O=C(O)C[C@@H](O)c1cn[nH]c1C(F)(F)F. The largest absolute Gasteiger partial charge is 0.481 e. The summed E-state index contributed by atoms with van der Waals surface area (Å²) in [5.41, 5.74) is -1.79. The third kappa shape index (κ3) is 2.69. The van der Waals surface area contributed by atoms with Gasteiger partial charge >= 0.3 is 12.1 Å². The van der Waals surface area contributed by atoms with Crippen molar-refractivity contribution in [2.75, 3.05) is 0 Å². The molecule has 84 valence electrons. The van der Waals surface area contributed by atoms with Crippen LogP contribution in [0.5, 0.6) is 0 Å². The van der Waals surface area contributed by atoms with Gasteiger partial charge in [0.2, 0.25) is 0 Å². The van der Waals surface area contributed by atoms with Crippen molar-refractivity contribution in [3.8, 4) is 0 Å². The van der Waals surface area contributed by atoms with E-state index in [1.54, 1.807) is 5.10 Å². The topological polar surface area (TPSA) is 86.2 Å². The molecule has 0 unspecified atom stereocenters. The van der Waals surface area contributed by atoms with Crippen LogP contribution in [0.15, 0.2) is 6.20 Å². The fourth-order valence-corrected chi connectivity index (χ4v) is 1.05. The predicted octanol–water partition coefficient (Wildman–Crippen LogP) is 0.937. The molecule has 15 heavy (non-hydrogen) atoms. The third-order valence-corrected chi connectivity index (χ3v) is 1.68. The summed E-state index contributed by atoms with van der Waals surface area (Å²) in [6, 6.07) is 0. The summed E-state index contributed by atoms with van der Waals surface area (Å²) in [5, 5.41) is 22.3. The first-order chi connectivity index (χ1) is 6.82. The van der Waals surface area contributed by atoms with Crippen LogP contribution in [0.25, 0.3) is 0 Å². The molecular formula is C7H7F3N2O3. The Morgan fingerprint density at radius 2 is 2.20 bits per heavy atom. The van der Waals surface area contributed by atoms with Crippen LogP contribution in [0.3, 0.4) is 0 Å². The third-order valence-electron chi connectivity index (χ3n) is 1.68. The summed E-state index contributed by atoms with van der Waals surface area (Å²) in [6.45, 7) is 0. The van der Waals surface area contributed by atoms with Crippen LogP contribution < -0.4 is 0 Å². The minimum Gasteiger partial charge on any atom is -0.481 e. The lowest BCUT2D eigenvalue weighted by Crippen LogP contribution is -2.13. The number of carboxylic acid groups (broad SMARTS) is 1. The summed E-state index contributed by atoms with van der Waals surface area (Å²) in [5.74, 6) is -1.39. The van der Waals surface area contributed by atoms with E-state index in [0.717, 1.165) is 6.20 Å². The van der Waals surface area contributed by atoms with Crippen LogP contribution >= 0.6 is 0 Å². The predicted molar refractivity (Wildman–Crippen MR) is 40.8 cm³/mol. The molecule has 0 saturated heterocycles. The fourth-order valence-electron chi connectivity index (χ4n) is 1.05. The van der Waals surface area contributed by atoms with Crippen molar-refractivity contribution in [1.82, 2.24) is 10.2 Å². The average molecular weight is 224 g/mol. The second-order valence-corrected chi connectivity index (χ2v) is 2.81. The Balaban J connectivity index is 2.95. The molecule has 0 bridgehead atoms. The van der Waals surface area contributed by atoms with E-state index in [4.69, 9.17) is 5.11 Å². The van der Waals surface area contributed by atoms with Crippen molar-refractivity contribution >= 4 is 5.97 Å². The van der Waals surface area contributed by atoms with Gasteiger partial charge in [-0.2, -0.15) is 18.3 Å². The average Bonchev–Trinajstić information content (AvgIpc) is 2.48. The maximum Gasteiger partial charge on any atom is 0.433 e. The molecule has 0 amide bonds. The molecule has 0 saturated carbocycles. The lowest BCUT2D eigenvalue weighted by molar-refractivity contribution is -0.145. The molecule has 0 aliphatic rings.